The van der Waals surface area contributed by atoms with Crippen LogP contribution in [0.4, 0.5) is 0 Å². The van der Waals surface area contributed by atoms with Gasteiger partial charge in [-0.05, 0) is 96.3 Å². The monoisotopic (exact) mass is 340 g/mol. The molecule has 1 aromatic rings. The lowest BCUT2D eigenvalue weighted by atomic mass is 9.46. The van der Waals surface area contributed by atoms with Crippen molar-refractivity contribution < 1.29 is 9.90 Å². The number of hydrogen-bond donors (Lipinski definition) is 1. The van der Waals surface area contributed by atoms with Crippen molar-refractivity contribution in [3.63, 3.8) is 0 Å². The molecule has 4 rings (SSSR count). The van der Waals surface area contributed by atoms with E-state index < -0.39 is 0 Å². The topological polar surface area (TPSA) is 37.3 Å². The summed E-state index contributed by atoms with van der Waals surface area (Å²) in [5.74, 6) is 1.91. The molecule has 2 nitrogen and oxygen atoms in total. The standard InChI is InChI=1S/C23H32O2/c1-21(10-4-14-24)11-9-20-19-7-5-16-15-17(25)6-8-18(16)22(19,2)12-13-23(20,21)3/h6,8,14-15,19-20,25H,4-5,7,9-13H2,1-3H3/t19?,20?,21-,22-,23-/m1/s1. The van der Waals surface area contributed by atoms with Gasteiger partial charge < -0.3 is 9.90 Å². The van der Waals surface area contributed by atoms with E-state index in [-0.39, 0.29) is 5.41 Å². The summed E-state index contributed by atoms with van der Waals surface area (Å²) in [5, 5.41) is 9.88. The molecular formula is C23H32O2. The first-order valence-electron chi connectivity index (χ1n) is 10.1. The molecule has 0 aliphatic heterocycles. The van der Waals surface area contributed by atoms with Crippen LogP contribution in [-0.4, -0.2) is 11.4 Å². The third-order valence-electron chi connectivity index (χ3n) is 8.91. The molecule has 2 unspecified atom stereocenters. The van der Waals surface area contributed by atoms with Crippen LogP contribution in [0.2, 0.25) is 0 Å². The Morgan fingerprint density at radius 2 is 1.92 bits per heavy atom. The SMILES string of the molecule is C[C@@]1(CCC=O)CCC2C3CCc4cc(O)ccc4[C@@]3(C)CC[C@]21C. The molecule has 136 valence electrons. The highest BCUT2D eigenvalue weighted by atomic mass is 16.3. The fourth-order valence-corrected chi connectivity index (χ4v) is 7.10. The third-order valence-corrected chi connectivity index (χ3v) is 8.91. The Hall–Kier alpha value is -1.31. The van der Waals surface area contributed by atoms with E-state index in [1.54, 1.807) is 0 Å². The lowest BCUT2D eigenvalue weighted by Gasteiger charge is -2.58. The minimum absolute atomic E-state index is 0.251. The maximum Gasteiger partial charge on any atom is 0.120 e. The van der Waals surface area contributed by atoms with E-state index in [0.29, 0.717) is 23.0 Å². The molecule has 25 heavy (non-hydrogen) atoms. The number of phenols is 1. The zero-order valence-electron chi connectivity index (χ0n) is 16.0. The van der Waals surface area contributed by atoms with E-state index in [2.05, 4.69) is 26.8 Å². The van der Waals surface area contributed by atoms with Crippen LogP contribution in [0.5, 0.6) is 5.75 Å². The molecule has 0 heterocycles. The van der Waals surface area contributed by atoms with Crippen molar-refractivity contribution in [2.45, 2.75) is 77.6 Å². The second kappa shape index (κ2) is 5.59. The predicted molar refractivity (Wildman–Crippen MR) is 101 cm³/mol. The van der Waals surface area contributed by atoms with Crippen molar-refractivity contribution >= 4 is 6.29 Å². The fourth-order valence-electron chi connectivity index (χ4n) is 7.10. The number of aromatic hydroxyl groups is 1. The van der Waals surface area contributed by atoms with E-state index in [1.165, 1.54) is 43.2 Å². The quantitative estimate of drug-likeness (QED) is 0.747. The summed E-state index contributed by atoms with van der Waals surface area (Å²) in [7, 11) is 0. The van der Waals surface area contributed by atoms with Gasteiger partial charge in [0.2, 0.25) is 0 Å². The zero-order valence-corrected chi connectivity index (χ0v) is 16.0. The van der Waals surface area contributed by atoms with Gasteiger partial charge in [-0.1, -0.05) is 26.8 Å². The maximum absolute atomic E-state index is 11.0. The summed E-state index contributed by atoms with van der Waals surface area (Å²) in [6, 6.07) is 6.07. The van der Waals surface area contributed by atoms with Gasteiger partial charge in [-0.15, -0.1) is 0 Å². The Bertz CT molecular complexity index is 695. The van der Waals surface area contributed by atoms with E-state index in [0.717, 1.165) is 31.0 Å². The highest BCUT2D eigenvalue weighted by molar-refractivity contribution is 5.49. The average Bonchev–Trinajstić information content (AvgIpc) is 2.85. The minimum atomic E-state index is 0.251. The van der Waals surface area contributed by atoms with Crippen LogP contribution in [0.3, 0.4) is 0 Å². The van der Waals surface area contributed by atoms with Crippen molar-refractivity contribution in [3.8, 4) is 5.75 Å². The number of rotatable bonds is 3. The van der Waals surface area contributed by atoms with Gasteiger partial charge in [0.25, 0.3) is 0 Å². The number of aldehydes is 1. The van der Waals surface area contributed by atoms with Crippen LogP contribution in [0.25, 0.3) is 0 Å². The van der Waals surface area contributed by atoms with E-state index in [1.807, 2.05) is 12.1 Å². The predicted octanol–water partition coefficient (Wildman–Crippen LogP) is 5.41. The molecular weight excluding hydrogens is 308 g/mol. The Kier molecular flexibility index (Phi) is 3.83. The molecule has 0 amide bonds. The molecule has 0 spiro atoms. The number of hydrogen-bond acceptors (Lipinski definition) is 2. The van der Waals surface area contributed by atoms with Crippen LogP contribution in [0.1, 0.15) is 76.8 Å². The summed E-state index contributed by atoms with van der Waals surface area (Å²) in [6.45, 7) is 7.46. The first-order valence-corrected chi connectivity index (χ1v) is 10.1. The van der Waals surface area contributed by atoms with Crippen molar-refractivity contribution in [3.05, 3.63) is 29.3 Å². The van der Waals surface area contributed by atoms with Gasteiger partial charge >= 0.3 is 0 Å². The molecule has 1 N–H and O–H groups in total. The molecule has 0 saturated heterocycles. The van der Waals surface area contributed by atoms with Crippen molar-refractivity contribution in [2.24, 2.45) is 22.7 Å². The van der Waals surface area contributed by atoms with Crippen molar-refractivity contribution in [1.29, 1.82) is 0 Å². The molecule has 1 aromatic carbocycles. The third kappa shape index (κ3) is 2.25. The molecule has 5 atom stereocenters. The van der Waals surface area contributed by atoms with Crippen molar-refractivity contribution in [1.82, 2.24) is 0 Å². The van der Waals surface area contributed by atoms with Crippen LogP contribution in [-0.2, 0) is 16.6 Å². The minimum Gasteiger partial charge on any atom is -0.508 e. The molecule has 0 radical (unpaired) electrons. The van der Waals surface area contributed by atoms with Crippen LogP contribution in [0.15, 0.2) is 18.2 Å². The number of phenolic OH excluding ortho intramolecular Hbond substituents is 1. The molecule has 0 aromatic heterocycles. The lowest BCUT2D eigenvalue weighted by molar-refractivity contribution is -0.109. The van der Waals surface area contributed by atoms with Crippen molar-refractivity contribution in [2.75, 3.05) is 0 Å². The smallest absolute Gasteiger partial charge is 0.120 e. The lowest BCUT2D eigenvalue weighted by Crippen LogP contribution is -2.52. The average molecular weight is 341 g/mol. The van der Waals surface area contributed by atoms with Gasteiger partial charge in [0.15, 0.2) is 0 Å². The number of benzene rings is 1. The second-order valence-electron chi connectivity index (χ2n) is 9.73. The summed E-state index contributed by atoms with van der Waals surface area (Å²) >= 11 is 0. The maximum atomic E-state index is 11.0. The molecule has 2 fully saturated rings. The normalized spacial score (nSPS) is 42.4. The Balaban J connectivity index is 1.70. The summed E-state index contributed by atoms with van der Waals surface area (Å²) < 4.78 is 0. The van der Waals surface area contributed by atoms with Crippen LogP contribution >= 0.6 is 0 Å². The van der Waals surface area contributed by atoms with Gasteiger partial charge in [-0.2, -0.15) is 0 Å². The van der Waals surface area contributed by atoms with E-state index >= 15 is 0 Å². The highest BCUT2D eigenvalue weighted by Crippen LogP contribution is 2.69. The van der Waals surface area contributed by atoms with E-state index in [4.69, 9.17) is 0 Å². The molecule has 2 heteroatoms. The summed E-state index contributed by atoms with van der Waals surface area (Å²) in [4.78, 5) is 11.0. The molecule has 2 saturated carbocycles. The number of carbonyl (C=O) groups excluding carboxylic acids is 1. The number of fused-ring (bicyclic) bond motifs is 5. The van der Waals surface area contributed by atoms with Crippen LogP contribution in [0, 0.1) is 22.7 Å². The zero-order chi connectivity index (χ0) is 17.9. The molecule has 3 aliphatic rings. The van der Waals surface area contributed by atoms with E-state index in [9.17, 15) is 9.90 Å². The molecule has 3 aliphatic carbocycles. The highest BCUT2D eigenvalue weighted by Gasteiger charge is 2.62. The van der Waals surface area contributed by atoms with Gasteiger partial charge in [0.1, 0.15) is 12.0 Å². The Morgan fingerprint density at radius 1 is 1.12 bits per heavy atom. The fraction of sp³-hybridized carbons (Fsp3) is 0.696. The Morgan fingerprint density at radius 3 is 2.68 bits per heavy atom. The Labute approximate surface area is 152 Å². The van der Waals surface area contributed by atoms with Gasteiger partial charge in [0.05, 0.1) is 0 Å². The number of carbonyl (C=O) groups is 1. The second-order valence-corrected chi connectivity index (χ2v) is 9.73. The summed E-state index contributed by atoms with van der Waals surface area (Å²) in [5.41, 5.74) is 3.79. The first-order chi connectivity index (χ1) is 11.8. The molecule has 0 bridgehead atoms. The van der Waals surface area contributed by atoms with Gasteiger partial charge in [0, 0.05) is 6.42 Å². The van der Waals surface area contributed by atoms with Gasteiger partial charge in [-0.3, -0.25) is 0 Å². The largest absolute Gasteiger partial charge is 0.508 e. The number of aryl methyl sites for hydroxylation is 1. The first kappa shape index (κ1) is 17.1. The summed E-state index contributed by atoms with van der Waals surface area (Å²) in [6.07, 6.45) is 10.3. The van der Waals surface area contributed by atoms with Gasteiger partial charge in [-0.25, -0.2) is 0 Å². The van der Waals surface area contributed by atoms with Crippen LogP contribution < -0.4 is 0 Å².